The Morgan fingerprint density at radius 2 is 1.66 bits per heavy atom. The topological polar surface area (TPSA) is 75.3 Å². The molecule has 0 aliphatic rings. The van der Waals surface area contributed by atoms with Crippen molar-refractivity contribution in [1.82, 2.24) is 0 Å². The molecular weight excluding hydrogens is 466 g/mol. The van der Waals surface area contributed by atoms with Crippen molar-refractivity contribution < 1.29 is 22.0 Å². The molecule has 0 aromatic heterocycles. The van der Waals surface area contributed by atoms with Crippen LogP contribution < -0.4 is 10.0 Å². The lowest BCUT2D eigenvalue weighted by Crippen LogP contribution is -2.17. The van der Waals surface area contributed by atoms with Crippen LogP contribution in [0.2, 0.25) is 0 Å². The first kappa shape index (κ1) is 20.9. The second-order valence-corrected chi connectivity index (χ2v) is 8.77. The van der Waals surface area contributed by atoms with E-state index in [4.69, 9.17) is 0 Å². The number of halogens is 3. The normalized spacial score (nSPS) is 11.2. The van der Waals surface area contributed by atoms with Gasteiger partial charge in [0.15, 0.2) is 0 Å². The molecule has 3 aromatic carbocycles. The third kappa shape index (κ3) is 4.99. The second-order valence-electron chi connectivity index (χ2n) is 6.17. The molecule has 0 radical (unpaired) electrons. The zero-order valence-corrected chi connectivity index (χ0v) is 17.4. The lowest BCUT2D eigenvalue weighted by molar-refractivity contribution is 0.102. The Morgan fingerprint density at radius 1 is 0.966 bits per heavy atom. The first-order valence-corrected chi connectivity index (χ1v) is 10.6. The van der Waals surface area contributed by atoms with Crippen LogP contribution in [0.4, 0.5) is 20.2 Å². The van der Waals surface area contributed by atoms with Gasteiger partial charge >= 0.3 is 0 Å². The van der Waals surface area contributed by atoms with Crippen LogP contribution in [0.5, 0.6) is 0 Å². The number of aryl methyl sites for hydroxylation is 1. The number of hydrogen-bond acceptors (Lipinski definition) is 3. The molecule has 0 aliphatic carbocycles. The fourth-order valence-corrected chi connectivity index (χ4v) is 3.94. The zero-order chi connectivity index (χ0) is 21.2. The van der Waals surface area contributed by atoms with Crippen molar-refractivity contribution in [2.75, 3.05) is 10.0 Å². The molecule has 0 fully saturated rings. The number of carbonyl (C=O) groups excluding carboxylic acids is 1. The number of hydrogen-bond donors (Lipinski definition) is 2. The van der Waals surface area contributed by atoms with E-state index in [9.17, 15) is 22.0 Å². The van der Waals surface area contributed by atoms with E-state index >= 15 is 0 Å². The fraction of sp³-hybridized carbons (Fsp3) is 0.0500. The van der Waals surface area contributed by atoms with E-state index in [0.717, 1.165) is 12.1 Å². The Balaban J connectivity index is 1.88. The van der Waals surface area contributed by atoms with E-state index in [2.05, 4.69) is 26.0 Å². The maximum Gasteiger partial charge on any atom is 0.261 e. The number of rotatable bonds is 5. The van der Waals surface area contributed by atoms with Gasteiger partial charge in [0, 0.05) is 15.7 Å². The van der Waals surface area contributed by atoms with E-state index in [1.807, 2.05) is 0 Å². The zero-order valence-electron chi connectivity index (χ0n) is 15.0. The van der Waals surface area contributed by atoms with Gasteiger partial charge in [-0.2, -0.15) is 0 Å². The molecule has 0 atom stereocenters. The maximum atomic E-state index is 14.0. The molecule has 3 aromatic rings. The van der Waals surface area contributed by atoms with Gasteiger partial charge in [0.05, 0.1) is 10.6 Å². The van der Waals surface area contributed by atoms with Crippen molar-refractivity contribution in [2.24, 2.45) is 0 Å². The molecule has 0 aliphatic heterocycles. The molecule has 29 heavy (non-hydrogen) atoms. The van der Waals surface area contributed by atoms with Crippen LogP contribution >= 0.6 is 15.9 Å². The van der Waals surface area contributed by atoms with Crippen molar-refractivity contribution in [2.45, 2.75) is 11.8 Å². The van der Waals surface area contributed by atoms with Gasteiger partial charge in [0.1, 0.15) is 11.6 Å². The monoisotopic (exact) mass is 480 g/mol. The quantitative estimate of drug-likeness (QED) is 0.533. The van der Waals surface area contributed by atoms with Crippen LogP contribution in [0.3, 0.4) is 0 Å². The van der Waals surface area contributed by atoms with E-state index in [0.29, 0.717) is 10.0 Å². The maximum absolute atomic E-state index is 14.0. The molecular formula is C20H15BrF2N2O3S. The molecule has 2 N–H and O–H groups in total. The van der Waals surface area contributed by atoms with Crippen molar-refractivity contribution in [3.05, 3.63) is 87.9 Å². The standard InChI is InChI=1S/C20H15BrF2N2O3S/c1-12-2-8-16(29(27,28)25-15-6-4-14(22)5-7-15)11-17(12)20(26)24-19-9-3-13(21)10-18(19)23/h2-11,25H,1H3,(H,24,26). The Bertz CT molecular complexity index is 1180. The minimum absolute atomic E-state index is 0.0321. The Labute approximate surface area is 174 Å². The lowest BCUT2D eigenvalue weighted by atomic mass is 10.1. The molecule has 0 saturated carbocycles. The van der Waals surface area contributed by atoms with Gasteiger partial charge in [0.25, 0.3) is 15.9 Å². The summed E-state index contributed by atoms with van der Waals surface area (Å²) in [6.07, 6.45) is 0. The average molecular weight is 481 g/mol. The summed E-state index contributed by atoms with van der Waals surface area (Å²) >= 11 is 3.13. The SMILES string of the molecule is Cc1ccc(S(=O)(=O)Nc2ccc(F)cc2)cc1C(=O)Nc1ccc(Br)cc1F. The van der Waals surface area contributed by atoms with Crippen LogP contribution in [-0.4, -0.2) is 14.3 Å². The smallest absolute Gasteiger partial charge is 0.261 e. The molecule has 9 heteroatoms. The summed E-state index contributed by atoms with van der Waals surface area (Å²) in [6, 6.07) is 13.0. The number of amides is 1. The minimum Gasteiger partial charge on any atom is -0.319 e. The van der Waals surface area contributed by atoms with Gasteiger partial charge in [-0.3, -0.25) is 9.52 Å². The molecule has 0 spiro atoms. The van der Waals surface area contributed by atoms with Gasteiger partial charge in [-0.1, -0.05) is 22.0 Å². The summed E-state index contributed by atoms with van der Waals surface area (Å²) in [7, 11) is -4.02. The van der Waals surface area contributed by atoms with Crippen LogP contribution in [0.25, 0.3) is 0 Å². The first-order chi connectivity index (χ1) is 13.7. The highest BCUT2D eigenvalue weighted by Gasteiger charge is 2.19. The second kappa shape index (κ2) is 8.30. The molecule has 3 rings (SSSR count). The van der Waals surface area contributed by atoms with Gasteiger partial charge in [-0.25, -0.2) is 17.2 Å². The lowest BCUT2D eigenvalue weighted by Gasteiger charge is -2.12. The molecule has 0 bridgehead atoms. The Kier molecular flexibility index (Phi) is 5.99. The molecule has 5 nitrogen and oxygen atoms in total. The number of anilines is 2. The highest BCUT2D eigenvalue weighted by Crippen LogP contribution is 2.23. The first-order valence-electron chi connectivity index (χ1n) is 8.31. The Hall–Kier alpha value is -2.78. The van der Waals surface area contributed by atoms with Gasteiger partial charge < -0.3 is 5.32 Å². The third-order valence-electron chi connectivity index (χ3n) is 4.04. The highest BCUT2D eigenvalue weighted by molar-refractivity contribution is 9.10. The Morgan fingerprint density at radius 3 is 2.31 bits per heavy atom. The van der Waals surface area contributed by atoms with Crippen molar-refractivity contribution >= 4 is 43.2 Å². The number of sulfonamides is 1. The number of benzene rings is 3. The predicted octanol–water partition coefficient (Wildman–Crippen LogP) is 5.09. The third-order valence-corrected chi connectivity index (χ3v) is 5.91. The largest absolute Gasteiger partial charge is 0.319 e. The van der Waals surface area contributed by atoms with E-state index in [1.54, 1.807) is 13.0 Å². The minimum atomic E-state index is -4.02. The molecule has 0 saturated heterocycles. The summed E-state index contributed by atoms with van der Waals surface area (Å²) in [5.74, 6) is -1.78. The van der Waals surface area contributed by atoms with E-state index in [-0.39, 0.29) is 21.8 Å². The molecule has 0 unspecified atom stereocenters. The van der Waals surface area contributed by atoms with Crippen LogP contribution in [0.15, 0.2) is 70.0 Å². The average Bonchev–Trinajstić information content (AvgIpc) is 2.66. The van der Waals surface area contributed by atoms with Gasteiger partial charge in [-0.15, -0.1) is 0 Å². The van der Waals surface area contributed by atoms with Gasteiger partial charge in [-0.05, 0) is 67.1 Å². The molecule has 1 amide bonds. The van der Waals surface area contributed by atoms with E-state index in [1.165, 1.54) is 42.5 Å². The van der Waals surface area contributed by atoms with E-state index < -0.39 is 27.6 Å². The summed E-state index contributed by atoms with van der Waals surface area (Å²) in [5, 5.41) is 2.44. The fourth-order valence-electron chi connectivity index (χ4n) is 2.53. The van der Waals surface area contributed by atoms with Crippen LogP contribution in [-0.2, 0) is 10.0 Å². The van der Waals surface area contributed by atoms with Crippen LogP contribution in [0, 0.1) is 18.6 Å². The van der Waals surface area contributed by atoms with Crippen molar-refractivity contribution in [1.29, 1.82) is 0 Å². The van der Waals surface area contributed by atoms with Crippen LogP contribution in [0.1, 0.15) is 15.9 Å². The molecule has 0 heterocycles. The predicted molar refractivity (Wildman–Crippen MR) is 110 cm³/mol. The number of carbonyl (C=O) groups is 1. The molecule has 150 valence electrons. The van der Waals surface area contributed by atoms with Gasteiger partial charge in [0.2, 0.25) is 0 Å². The summed E-state index contributed by atoms with van der Waals surface area (Å²) in [5.41, 5.74) is 0.736. The summed E-state index contributed by atoms with van der Waals surface area (Å²) < 4.78 is 55.1. The summed E-state index contributed by atoms with van der Waals surface area (Å²) in [6.45, 7) is 1.64. The van der Waals surface area contributed by atoms with Crippen molar-refractivity contribution in [3.8, 4) is 0 Å². The summed E-state index contributed by atoms with van der Waals surface area (Å²) in [4.78, 5) is 12.4. The number of nitrogens with one attached hydrogen (secondary N) is 2. The highest BCUT2D eigenvalue weighted by atomic mass is 79.9. The van der Waals surface area contributed by atoms with Crippen molar-refractivity contribution in [3.63, 3.8) is 0 Å².